The summed E-state index contributed by atoms with van der Waals surface area (Å²) in [6.07, 6.45) is 2.93. The van der Waals surface area contributed by atoms with Crippen molar-refractivity contribution < 1.29 is 4.79 Å². The van der Waals surface area contributed by atoms with Crippen LogP contribution in [0.1, 0.15) is 16.1 Å². The lowest BCUT2D eigenvalue weighted by molar-refractivity contribution is 0.100. The second kappa shape index (κ2) is 4.11. The van der Waals surface area contributed by atoms with E-state index in [1.807, 2.05) is 12.1 Å². The van der Waals surface area contributed by atoms with E-state index in [0.717, 1.165) is 5.69 Å². The Morgan fingerprint density at radius 2 is 2.25 bits per heavy atom. The Kier molecular flexibility index (Phi) is 2.65. The van der Waals surface area contributed by atoms with E-state index in [-0.39, 0.29) is 0 Å². The molecule has 2 aromatic rings. The molecule has 2 aromatic heterocycles. The number of hydrogen-bond donors (Lipinski definition) is 2. The lowest BCUT2D eigenvalue weighted by atomic mass is 10.3. The molecule has 4 N–H and O–H groups in total. The highest BCUT2D eigenvalue weighted by molar-refractivity contribution is 5.92. The van der Waals surface area contributed by atoms with Crippen molar-refractivity contribution in [1.82, 2.24) is 14.8 Å². The van der Waals surface area contributed by atoms with Crippen LogP contribution in [0.4, 0.5) is 0 Å². The van der Waals surface area contributed by atoms with Crippen molar-refractivity contribution in [2.45, 2.75) is 6.54 Å². The zero-order chi connectivity index (χ0) is 11.5. The standard InChI is InChI=1S/C10H11N5O/c11-4-8-2-1-3-9(14-8)15-6-7(5-13-15)10(12)16/h1-3,5-6H,4,11H2,(H2,12,16). The average molecular weight is 217 g/mol. The number of carbonyl (C=O) groups is 1. The maximum absolute atomic E-state index is 10.9. The molecular formula is C10H11N5O. The highest BCUT2D eigenvalue weighted by Crippen LogP contribution is 2.06. The number of nitrogens with zero attached hydrogens (tertiary/aromatic N) is 3. The first kappa shape index (κ1) is 10.3. The van der Waals surface area contributed by atoms with E-state index in [2.05, 4.69) is 10.1 Å². The molecule has 0 fully saturated rings. The van der Waals surface area contributed by atoms with Crippen LogP contribution in [0.5, 0.6) is 0 Å². The second-order valence-electron chi connectivity index (χ2n) is 3.23. The molecule has 0 aromatic carbocycles. The molecule has 82 valence electrons. The van der Waals surface area contributed by atoms with E-state index < -0.39 is 5.91 Å². The van der Waals surface area contributed by atoms with Crippen LogP contribution in [0.3, 0.4) is 0 Å². The number of amides is 1. The summed E-state index contributed by atoms with van der Waals surface area (Å²) >= 11 is 0. The summed E-state index contributed by atoms with van der Waals surface area (Å²) in [6, 6.07) is 5.43. The zero-order valence-electron chi connectivity index (χ0n) is 8.50. The van der Waals surface area contributed by atoms with Gasteiger partial charge in [-0.25, -0.2) is 9.67 Å². The first-order valence-electron chi connectivity index (χ1n) is 4.71. The predicted molar refractivity (Wildman–Crippen MR) is 57.8 cm³/mol. The Morgan fingerprint density at radius 1 is 1.44 bits per heavy atom. The van der Waals surface area contributed by atoms with Crippen LogP contribution in [0, 0.1) is 0 Å². The SMILES string of the molecule is NCc1cccc(-n2cc(C(N)=O)cn2)n1. The molecule has 0 aliphatic rings. The van der Waals surface area contributed by atoms with Gasteiger partial charge >= 0.3 is 0 Å². The molecule has 0 radical (unpaired) electrons. The van der Waals surface area contributed by atoms with Crippen LogP contribution in [0.25, 0.3) is 5.82 Å². The zero-order valence-corrected chi connectivity index (χ0v) is 8.50. The van der Waals surface area contributed by atoms with Gasteiger partial charge in [-0.3, -0.25) is 4.79 Å². The maximum atomic E-state index is 10.9. The summed E-state index contributed by atoms with van der Waals surface area (Å²) in [5.74, 6) is 0.0941. The number of aromatic nitrogens is 3. The van der Waals surface area contributed by atoms with Gasteiger partial charge in [0.15, 0.2) is 5.82 Å². The van der Waals surface area contributed by atoms with Crippen molar-refractivity contribution >= 4 is 5.91 Å². The lowest BCUT2D eigenvalue weighted by Gasteiger charge is -2.01. The maximum Gasteiger partial charge on any atom is 0.251 e. The molecule has 6 heteroatoms. The highest BCUT2D eigenvalue weighted by atomic mass is 16.1. The minimum Gasteiger partial charge on any atom is -0.366 e. The number of nitrogens with two attached hydrogens (primary N) is 2. The average Bonchev–Trinajstić information content (AvgIpc) is 2.78. The van der Waals surface area contributed by atoms with Crippen LogP contribution in [0.15, 0.2) is 30.6 Å². The predicted octanol–water partition coefficient (Wildman–Crippen LogP) is -0.175. The Morgan fingerprint density at radius 3 is 2.88 bits per heavy atom. The summed E-state index contributed by atoms with van der Waals surface area (Å²) < 4.78 is 1.49. The van der Waals surface area contributed by atoms with Gasteiger partial charge in [0.2, 0.25) is 0 Å². The Balaban J connectivity index is 2.38. The van der Waals surface area contributed by atoms with Crippen molar-refractivity contribution in [3.05, 3.63) is 41.9 Å². The number of primary amides is 1. The van der Waals surface area contributed by atoms with Gasteiger partial charge in [0.1, 0.15) is 0 Å². The van der Waals surface area contributed by atoms with Crippen molar-refractivity contribution in [2.24, 2.45) is 11.5 Å². The number of rotatable bonds is 3. The van der Waals surface area contributed by atoms with Crippen LogP contribution in [0.2, 0.25) is 0 Å². The molecule has 16 heavy (non-hydrogen) atoms. The van der Waals surface area contributed by atoms with E-state index in [0.29, 0.717) is 17.9 Å². The Labute approximate surface area is 91.9 Å². The van der Waals surface area contributed by atoms with Crippen LogP contribution in [-0.2, 0) is 6.54 Å². The van der Waals surface area contributed by atoms with E-state index >= 15 is 0 Å². The van der Waals surface area contributed by atoms with Crippen molar-refractivity contribution in [1.29, 1.82) is 0 Å². The normalized spacial score (nSPS) is 10.3. The van der Waals surface area contributed by atoms with Gasteiger partial charge in [-0.05, 0) is 12.1 Å². The summed E-state index contributed by atoms with van der Waals surface area (Å²) in [7, 11) is 0. The Bertz CT molecular complexity index is 519. The van der Waals surface area contributed by atoms with Gasteiger partial charge in [0.25, 0.3) is 5.91 Å². The molecule has 2 rings (SSSR count). The third-order valence-corrected chi connectivity index (χ3v) is 2.10. The summed E-state index contributed by atoms with van der Waals surface area (Å²) in [5.41, 5.74) is 11.7. The summed E-state index contributed by atoms with van der Waals surface area (Å²) in [6.45, 7) is 0.359. The molecule has 0 atom stereocenters. The number of hydrogen-bond acceptors (Lipinski definition) is 4. The number of carbonyl (C=O) groups excluding carboxylic acids is 1. The lowest BCUT2D eigenvalue weighted by Crippen LogP contribution is -2.09. The molecule has 0 saturated carbocycles. The summed E-state index contributed by atoms with van der Waals surface area (Å²) in [4.78, 5) is 15.2. The van der Waals surface area contributed by atoms with E-state index in [1.54, 1.807) is 6.07 Å². The first-order valence-corrected chi connectivity index (χ1v) is 4.71. The third-order valence-electron chi connectivity index (χ3n) is 2.10. The molecule has 0 aliphatic heterocycles. The molecule has 0 unspecified atom stereocenters. The first-order chi connectivity index (χ1) is 7.70. The molecule has 0 spiro atoms. The monoisotopic (exact) mass is 217 g/mol. The fourth-order valence-corrected chi connectivity index (χ4v) is 1.28. The molecule has 0 bridgehead atoms. The molecule has 2 heterocycles. The molecule has 0 saturated heterocycles. The van der Waals surface area contributed by atoms with Gasteiger partial charge in [-0.2, -0.15) is 5.10 Å². The van der Waals surface area contributed by atoms with Gasteiger partial charge in [0.05, 0.1) is 17.5 Å². The quantitative estimate of drug-likeness (QED) is 0.745. The van der Waals surface area contributed by atoms with Crippen molar-refractivity contribution in [2.75, 3.05) is 0 Å². The van der Waals surface area contributed by atoms with Gasteiger partial charge < -0.3 is 11.5 Å². The van der Waals surface area contributed by atoms with Crippen LogP contribution in [-0.4, -0.2) is 20.7 Å². The second-order valence-corrected chi connectivity index (χ2v) is 3.23. The smallest absolute Gasteiger partial charge is 0.251 e. The molecule has 0 aliphatic carbocycles. The van der Waals surface area contributed by atoms with E-state index in [4.69, 9.17) is 11.5 Å². The highest BCUT2D eigenvalue weighted by Gasteiger charge is 2.06. The topological polar surface area (TPSA) is 99.8 Å². The fraction of sp³-hybridized carbons (Fsp3) is 0.100. The molecule has 6 nitrogen and oxygen atoms in total. The van der Waals surface area contributed by atoms with Gasteiger partial charge in [-0.1, -0.05) is 6.07 Å². The Hall–Kier alpha value is -2.21. The van der Waals surface area contributed by atoms with Crippen LogP contribution < -0.4 is 11.5 Å². The fourth-order valence-electron chi connectivity index (χ4n) is 1.28. The summed E-state index contributed by atoms with van der Waals surface area (Å²) in [5, 5.41) is 4.00. The van der Waals surface area contributed by atoms with Gasteiger partial charge in [-0.15, -0.1) is 0 Å². The largest absolute Gasteiger partial charge is 0.366 e. The minimum atomic E-state index is -0.513. The van der Waals surface area contributed by atoms with Crippen LogP contribution >= 0.6 is 0 Å². The van der Waals surface area contributed by atoms with E-state index in [1.165, 1.54) is 17.1 Å². The minimum absolute atomic E-state index is 0.347. The van der Waals surface area contributed by atoms with Crippen molar-refractivity contribution in [3.8, 4) is 5.82 Å². The molecule has 1 amide bonds. The molecular weight excluding hydrogens is 206 g/mol. The van der Waals surface area contributed by atoms with Crippen molar-refractivity contribution in [3.63, 3.8) is 0 Å². The van der Waals surface area contributed by atoms with Gasteiger partial charge in [0, 0.05) is 12.7 Å². The number of pyridine rings is 1. The van der Waals surface area contributed by atoms with E-state index in [9.17, 15) is 4.79 Å². The third kappa shape index (κ3) is 1.91.